The Morgan fingerprint density at radius 2 is 1.50 bits per heavy atom. The van der Waals surface area contributed by atoms with Crippen LogP contribution < -0.4 is 5.73 Å². The van der Waals surface area contributed by atoms with Crippen molar-refractivity contribution in [3.05, 3.63) is 0 Å². The van der Waals surface area contributed by atoms with Gasteiger partial charge in [0.05, 0.1) is 0 Å². The fourth-order valence-corrected chi connectivity index (χ4v) is 1.40. The molecule has 82 valence electrons. The smallest absolute Gasteiger partial charge is 0.323 e. The van der Waals surface area contributed by atoms with Crippen molar-refractivity contribution < 1.29 is 19.8 Å². The number of hydrogen-bond donors (Lipinski definition) is 3. The van der Waals surface area contributed by atoms with E-state index in [-0.39, 0.29) is 0 Å². The van der Waals surface area contributed by atoms with E-state index >= 15 is 0 Å². The van der Waals surface area contributed by atoms with Gasteiger partial charge in [-0.15, -0.1) is 0 Å². The molecule has 0 aromatic rings. The average molecular weight is 203 g/mol. The van der Waals surface area contributed by atoms with Crippen LogP contribution in [0.1, 0.15) is 39.0 Å². The molecular weight excluding hydrogens is 186 g/mol. The topological polar surface area (TPSA) is 101 Å². The molecular formula is C9H17NO4. The van der Waals surface area contributed by atoms with Gasteiger partial charge in [0, 0.05) is 6.92 Å². The minimum Gasteiger partial charge on any atom is -0.481 e. The number of carboxylic acids is 2. The molecule has 0 amide bonds. The largest absolute Gasteiger partial charge is 0.481 e. The highest BCUT2D eigenvalue weighted by atomic mass is 16.4. The Morgan fingerprint density at radius 3 is 1.71 bits per heavy atom. The van der Waals surface area contributed by atoms with Crippen LogP contribution in [0.4, 0.5) is 0 Å². The van der Waals surface area contributed by atoms with Gasteiger partial charge < -0.3 is 15.9 Å². The normalized spacial score (nSPS) is 19.0. The lowest BCUT2D eigenvalue weighted by atomic mass is 9.83. The summed E-state index contributed by atoms with van der Waals surface area (Å²) in [5.74, 6) is -1.67. The van der Waals surface area contributed by atoms with E-state index in [2.05, 4.69) is 0 Å². The highest BCUT2D eigenvalue weighted by Crippen LogP contribution is 2.25. The molecule has 5 heteroatoms. The Morgan fingerprint density at radius 1 is 1.14 bits per heavy atom. The molecule has 0 bridgehead atoms. The van der Waals surface area contributed by atoms with E-state index in [4.69, 9.17) is 20.7 Å². The van der Waals surface area contributed by atoms with E-state index in [1.165, 1.54) is 0 Å². The molecule has 1 aliphatic carbocycles. The van der Waals surface area contributed by atoms with Crippen molar-refractivity contribution in [1.29, 1.82) is 0 Å². The van der Waals surface area contributed by atoms with Gasteiger partial charge in [-0.2, -0.15) is 0 Å². The van der Waals surface area contributed by atoms with Gasteiger partial charge in [-0.1, -0.05) is 19.3 Å². The molecule has 0 heterocycles. The Kier molecular flexibility index (Phi) is 5.15. The Balaban J connectivity index is 0.000000364. The Bertz CT molecular complexity index is 205. The lowest BCUT2D eigenvalue weighted by Crippen LogP contribution is -2.49. The van der Waals surface area contributed by atoms with E-state index in [1.807, 2.05) is 0 Å². The van der Waals surface area contributed by atoms with Crippen molar-refractivity contribution in [2.45, 2.75) is 44.6 Å². The molecule has 0 unspecified atom stereocenters. The van der Waals surface area contributed by atoms with Crippen LogP contribution in [0, 0.1) is 0 Å². The first-order chi connectivity index (χ1) is 6.38. The van der Waals surface area contributed by atoms with E-state index in [1.54, 1.807) is 0 Å². The highest BCUT2D eigenvalue weighted by molar-refractivity contribution is 5.78. The number of hydrogen-bond acceptors (Lipinski definition) is 3. The van der Waals surface area contributed by atoms with Crippen molar-refractivity contribution in [2.75, 3.05) is 0 Å². The van der Waals surface area contributed by atoms with Crippen LogP contribution in [0.25, 0.3) is 0 Å². The summed E-state index contributed by atoms with van der Waals surface area (Å²) in [4.78, 5) is 19.6. The summed E-state index contributed by atoms with van der Waals surface area (Å²) < 4.78 is 0. The number of carbonyl (C=O) groups is 2. The molecule has 0 aliphatic heterocycles. The molecule has 1 saturated carbocycles. The number of aliphatic carboxylic acids is 2. The monoisotopic (exact) mass is 203 g/mol. The second-order valence-corrected chi connectivity index (χ2v) is 3.54. The molecule has 5 nitrogen and oxygen atoms in total. The maximum Gasteiger partial charge on any atom is 0.323 e. The molecule has 14 heavy (non-hydrogen) atoms. The van der Waals surface area contributed by atoms with Gasteiger partial charge in [0.2, 0.25) is 0 Å². The fraction of sp³-hybridized carbons (Fsp3) is 0.778. The SMILES string of the molecule is CC(=O)O.NC1(C(=O)O)CCCCC1. The van der Waals surface area contributed by atoms with Crippen molar-refractivity contribution in [1.82, 2.24) is 0 Å². The fourth-order valence-electron chi connectivity index (χ4n) is 1.40. The van der Waals surface area contributed by atoms with Gasteiger partial charge in [0.1, 0.15) is 5.54 Å². The maximum atomic E-state index is 10.6. The first kappa shape index (κ1) is 12.9. The van der Waals surface area contributed by atoms with Gasteiger partial charge in [0.15, 0.2) is 0 Å². The summed E-state index contributed by atoms with van der Waals surface area (Å²) in [7, 11) is 0. The average Bonchev–Trinajstić information content (AvgIpc) is 2.04. The van der Waals surface area contributed by atoms with Crippen LogP contribution in [0.15, 0.2) is 0 Å². The van der Waals surface area contributed by atoms with Gasteiger partial charge in [0.25, 0.3) is 5.97 Å². The maximum absolute atomic E-state index is 10.6. The van der Waals surface area contributed by atoms with Gasteiger partial charge in [-0.3, -0.25) is 9.59 Å². The number of nitrogens with two attached hydrogens (primary N) is 1. The summed E-state index contributed by atoms with van der Waals surface area (Å²) in [6.45, 7) is 1.08. The Hall–Kier alpha value is -1.10. The van der Waals surface area contributed by atoms with Crippen molar-refractivity contribution in [3.63, 3.8) is 0 Å². The third-order valence-corrected chi connectivity index (χ3v) is 2.17. The summed E-state index contributed by atoms with van der Waals surface area (Å²) in [6.07, 6.45) is 4.34. The van der Waals surface area contributed by atoms with Crippen LogP contribution in [-0.4, -0.2) is 27.7 Å². The van der Waals surface area contributed by atoms with Gasteiger partial charge in [-0.05, 0) is 12.8 Å². The zero-order valence-electron chi connectivity index (χ0n) is 8.32. The minimum atomic E-state index is -0.905. The standard InChI is InChI=1S/C7H13NO2.C2H4O2/c8-7(6(9)10)4-2-1-3-5-7;1-2(3)4/h1-5,8H2,(H,9,10);1H3,(H,3,4). The zero-order valence-corrected chi connectivity index (χ0v) is 8.32. The molecule has 1 aliphatic rings. The van der Waals surface area contributed by atoms with Crippen LogP contribution in [-0.2, 0) is 9.59 Å². The van der Waals surface area contributed by atoms with Crippen LogP contribution in [0.5, 0.6) is 0 Å². The summed E-state index contributed by atoms with van der Waals surface area (Å²) in [5, 5.41) is 16.1. The van der Waals surface area contributed by atoms with E-state index in [9.17, 15) is 4.79 Å². The third-order valence-electron chi connectivity index (χ3n) is 2.17. The molecule has 4 N–H and O–H groups in total. The summed E-state index contributed by atoms with van der Waals surface area (Å²) >= 11 is 0. The highest BCUT2D eigenvalue weighted by Gasteiger charge is 2.34. The second-order valence-electron chi connectivity index (χ2n) is 3.54. The molecule has 0 aromatic heterocycles. The molecule has 0 atom stereocenters. The molecule has 1 fully saturated rings. The van der Waals surface area contributed by atoms with Crippen LogP contribution >= 0.6 is 0 Å². The van der Waals surface area contributed by atoms with Crippen molar-refractivity contribution in [2.24, 2.45) is 5.73 Å². The molecule has 1 rings (SSSR count). The molecule has 0 aromatic carbocycles. The zero-order chi connectivity index (χ0) is 11.2. The molecule has 0 radical (unpaired) electrons. The first-order valence-electron chi connectivity index (χ1n) is 4.60. The summed E-state index contributed by atoms with van der Waals surface area (Å²) in [5.41, 5.74) is 4.70. The van der Waals surface area contributed by atoms with E-state index < -0.39 is 17.5 Å². The minimum absolute atomic E-state index is 0.641. The Labute approximate surface area is 82.9 Å². The summed E-state index contributed by atoms with van der Waals surface area (Å²) in [6, 6.07) is 0. The van der Waals surface area contributed by atoms with Crippen molar-refractivity contribution >= 4 is 11.9 Å². The van der Waals surface area contributed by atoms with Gasteiger partial charge >= 0.3 is 5.97 Å². The molecule has 0 saturated heterocycles. The molecule has 0 spiro atoms. The second kappa shape index (κ2) is 5.59. The van der Waals surface area contributed by atoms with E-state index in [0.29, 0.717) is 12.8 Å². The van der Waals surface area contributed by atoms with E-state index in [0.717, 1.165) is 26.2 Å². The first-order valence-corrected chi connectivity index (χ1v) is 4.60. The predicted molar refractivity (Wildman–Crippen MR) is 50.9 cm³/mol. The van der Waals surface area contributed by atoms with Crippen molar-refractivity contribution in [3.8, 4) is 0 Å². The quantitative estimate of drug-likeness (QED) is 0.585. The van der Waals surface area contributed by atoms with Crippen LogP contribution in [0.3, 0.4) is 0 Å². The predicted octanol–water partition coefficient (Wildman–Crippen LogP) is 0.823. The lowest BCUT2D eigenvalue weighted by Gasteiger charge is -2.28. The number of carboxylic acid groups (broad SMARTS) is 2. The van der Waals surface area contributed by atoms with Gasteiger partial charge in [-0.25, -0.2) is 0 Å². The lowest BCUT2D eigenvalue weighted by molar-refractivity contribution is -0.144. The van der Waals surface area contributed by atoms with Crippen LogP contribution in [0.2, 0.25) is 0 Å². The third kappa shape index (κ3) is 4.81. The number of rotatable bonds is 1.